The second kappa shape index (κ2) is 6.26. The Morgan fingerprint density at radius 3 is 2.70 bits per heavy atom. The van der Waals surface area contributed by atoms with Crippen LogP contribution >= 0.6 is 22.9 Å². The third-order valence-electron chi connectivity index (χ3n) is 3.50. The molecule has 0 aliphatic rings. The van der Waals surface area contributed by atoms with Crippen LogP contribution in [0.5, 0.6) is 0 Å². The number of halogens is 3. The molecule has 3 aromatic rings. The molecule has 118 valence electrons. The van der Waals surface area contributed by atoms with Crippen molar-refractivity contribution in [3.05, 3.63) is 63.5 Å². The van der Waals surface area contributed by atoms with Gasteiger partial charge in [-0.15, -0.1) is 11.3 Å². The molecule has 0 atom stereocenters. The van der Waals surface area contributed by atoms with Crippen molar-refractivity contribution >= 4 is 44.4 Å². The van der Waals surface area contributed by atoms with Gasteiger partial charge in [0.2, 0.25) is 0 Å². The quantitative estimate of drug-likeness (QED) is 0.456. The summed E-state index contributed by atoms with van der Waals surface area (Å²) in [5.41, 5.74) is 4.58. The third-order valence-corrected chi connectivity index (χ3v) is 5.12. The van der Waals surface area contributed by atoms with Gasteiger partial charge in [-0.1, -0.05) is 11.6 Å². The first-order chi connectivity index (χ1) is 11.0. The molecule has 0 saturated heterocycles. The van der Waals surface area contributed by atoms with E-state index >= 15 is 0 Å². The van der Waals surface area contributed by atoms with Gasteiger partial charge in [-0.3, -0.25) is 5.43 Å². The van der Waals surface area contributed by atoms with Gasteiger partial charge in [-0.2, -0.15) is 5.10 Å². The summed E-state index contributed by atoms with van der Waals surface area (Å²) in [6.45, 7) is 3.84. The van der Waals surface area contributed by atoms with Gasteiger partial charge in [0.25, 0.3) is 0 Å². The minimum Gasteiger partial charge on any atom is -0.275 e. The Balaban J connectivity index is 1.93. The van der Waals surface area contributed by atoms with Gasteiger partial charge in [0, 0.05) is 15.8 Å². The fourth-order valence-electron chi connectivity index (χ4n) is 2.31. The highest BCUT2D eigenvalue weighted by atomic mass is 35.5. The Hall–Kier alpha value is -1.98. The molecule has 1 heterocycles. The fraction of sp³-hybridized carbons (Fsp3) is 0.118. The molecule has 6 heteroatoms. The van der Waals surface area contributed by atoms with E-state index in [9.17, 15) is 8.78 Å². The van der Waals surface area contributed by atoms with Crippen molar-refractivity contribution in [2.45, 2.75) is 13.8 Å². The summed E-state index contributed by atoms with van der Waals surface area (Å²) in [4.78, 5) is 0.997. The number of hydrazone groups is 1. The van der Waals surface area contributed by atoms with Crippen LogP contribution in [0.15, 0.2) is 41.5 Å². The molecule has 3 rings (SSSR count). The molecule has 0 spiro atoms. The summed E-state index contributed by atoms with van der Waals surface area (Å²) in [5.74, 6) is -1.30. The van der Waals surface area contributed by atoms with E-state index in [4.69, 9.17) is 11.6 Å². The first-order valence-corrected chi connectivity index (χ1v) is 8.09. The van der Waals surface area contributed by atoms with Crippen molar-refractivity contribution in [1.29, 1.82) is 0 Å². The number of rotatable bonds is 3. The van der Waals surface area contributed by atoms with E-state index in [1.807, 2.05) is 32.0 Å². The molecule has 0 unspecified atom stereocenters. The maximum atomic E-state index is 13.6. The van der Waals surface area contributed by atoms with Crippen molar-refractivity contribution in [1.82, 2.24) is 0 Å². The van der Waals surface area contributed by atoms with Crippen molar-refractivity contribution in [3.8, 4) is 0 Å². The summed E-state index contributed by atoms with van der Waals surface area (Å²) in [6.07, 6.45) is 0. The second-order valence-electron chi connectivity index (χ2n) is 5.13. The van der Waals surface area contributed by atoms with Crippen molar-refractivity contribution < 1.29 is 8.78 Å². The molecule has 1 N–H and O–H groups in total. The van der Waals surface area contributed by atoms with Crippen LogP contribution in [0.3, 0.4) is 0 Å². The van der Waals surface area contributed by atoms with E-state index in [-0.39, 0.29) is 5.69 Å². The maximum absolute atomic E-state index is 13.6. The van der Waals surface area contributed by atoms with E-state index in [0.29, 0.717) is 5.02 Å². The van der Waals surface area contributed by atoms with E-state index in [2.05, 4.69) is 10.5 Å². The minimum absolute atomic E-state index is 0.132. The molecular formula is C17H13ClF2N2S. The first-order valence-electron chi connectivity index (χ1n) is 6.90. The number of thiophene rings is 1. The highest BCUT2D eigenvalue weighted by Crippen LogP contribution is 2.33. The Labute approximate surface area is 141 Å². The lowest BCUT2D eigenvalue weighted by Gasteiger charge is -2.04. The highest BCUT2D eigenvalue weighted by Gasteiger charge is 2.11. The number of hydrogen-bond donors (Lipinski definition) is 1. The SMILES string of the molecule is CC(=NNc1ccc(F)cc1F)c1sc2ccc(Cl)cc2c1C. The average molecular weight is 351 g/mol. The normalized spacial score (nSPS) is 12.0. The predicted octanol–water partition coefficient (Wildman–Crippen LogP) is 5.98. The van der Waals surface area contributed by atoms with Crippen LogP contribution in [-0.2, 0) is 0 Å². The number of benzene rings is 2. The summed E-state index contributed by atoms with van der Waals surface area (Å²) < 4.78 is 27.6. The molecule has 1 aromatic heterocycles. The zero-order valence-corrected chi connectivity index (χ0v) is 14.0. The van der Waals surface area contributed by atoms with Crippen LogP contribution in [0.1, 0.15) is 17.4 Å². The van der Waals surface area contributed by atoms with Gasteiger partial charge in [0.15, 0.2) is 5.82 Å². The van der Waals surface area contributed by atoms with Crippen LogP contribution < -0.4 is 5.43 Å². The average Bonchev–Trinajstić information content (AvgIpc) is 2.83. The van der Waals surface area contributed by atoms with Crippen LogP contribution in [-0.4, -0.2) is 5.71 Å². The topological polar surface area (TPSA) is 24.4 Å². The molecule has 23 heavy (non-hydrogen) atoms. The summed E-state index contributed by atoms with van der Waals surface area (Å²) >= 11 is 7.64. The smallest absolute Gasteiger partial charge is 0.151 e. The lowest BCUT2D eigenvalue weighted by molar-refractivity contribution is 0.585. The molecule has 0 aliphatic heterocycles. The van der Waals surface area contributed by atoms with Crippen molar-refractivity contribution in [3.63, 3.8) is 0 Å². The number of fused-ring (bicyclic) bond motifs is 1. The monoisotopic (exact) mass is 350 g/mol. The number of nitrogens with zero attached hydrogens (tertiary/aromatic N) is 1. The van der Waals surface area contributed by atoms with Gasteiger partial charge in [-0.25, -0.2) is 8.78 Å². The Morgan fingerprint density at radius 2 is 1.96 bits per heavy atom. The van der Waals surface area contributed by atoms with E-state index in [1.165, 1.54) is 12.1 Å². The zero-order valence-electron chi connectivity index (χ0n) is 12.5. The number of anilines is 1. The molecule has 0 bridgehead atoms. The van der Waals surface area contributed by atoms with Gasteiger partial charge in [-0.05, 0) is 55.1 Å². The molecular weight excluding hydrogens is 338 g/mol. The largest absolute Gasteiger partial charge is 0.275 e. The summed E-state index contributed by atoms with van der Waals surface area (Å²) in [6, 6.07) is 9.07. The molecule has 0 aliphatic carbocycles. The van der Waals surface area contributed by atoms with Crippen molar-refractivity contribution in [2.24, 2.45) is 5.10 Å². The van der Waals surface area contributed by atoms with Crippen LogP contribution in [0.25, 0.3) is 10.1 Å². The van der Waals surface area contributed by atoms with Gasteiger partial charge in [0.05, 0.1) is 16.3 Å². The first kappa shape index (κ1) is 15.9. The Morgan fingerprint density at radius 1 is 1.17 bits per heavy atom. The van der Waals surface area contributed by atoms with E-state index in [1.54, 1.807) is 11.3 Å². The van der Waals surface area contributed by atoms with Crippen molar-refractivity contribution in [2.75, 3.05) is 5.43 Å². The third kappa shape index (κ3) is 3.21. The molecule has 0 fully saturated rings. The predicted molar refractivity (Wildman–Crippen MR) is 93.8 cm³/mol. The number of hydrogen-bond acceptors (Lipinski definition) is 3. The molecule has 0 radical (unpaired) electrons. The molecule has 0 saturated carbocycles. The maximum Gasteiger partial charge on any atom is 0.151 e. The lowest BCUT2D eigenvalue weighted by atomic mass is 10.1. The minimum atomic E-state index is -0.679. The van der Waals surface area contributed by atoms with E-state index < -0.39 is 11.6 Å². The van der Waals surface area contributed by atoms with Gasteiger partial charge >= 0.3 is 0 Å². The fourth-order valence-corrected chi connectivity index (χ4v) is 3.62. The van der Waals surface area contributed by atoms with Crippen LogP contribution in [0, 0.1) is 18.6 Å². The Bertz CT molecular complexity index is 918. The molecule has 0 amide bonds. The Kier molecular flexibility index (Phi) is 4.33. The second-order valence-corrected chi connectivity index (χ2v) is 6.62. The summed E-state index contributed by atoms with van der Waals surface area (Å²) in [7, 11) is 0. The zero-order chi connectivity index (χ0) is 16.6. The molecule has 2 nitrogen and oxygen atoms in total. The highest BCUT2D eigenvalue weighted by molar-refractivity contribution is 7.21. The van der Waals surface area contributed by atoms with Crippen LogP contribution in [0.2, 0.25) is 5.02 Å². The van der Waals surface area contributed by atoms with Gasteiger partial charge < -0.3 is 0 Å². The summed E-state index contributed by atoms with van der Waals surface area (Å²) in [5, 5.41) is 5.98. The van der Waals surface area contributed by atoms with E-state index in [0.717, 1.165) is 32.3 Å². The standard InChI is InChI=1S/C17H13ClF2N2S/c1-9-13-7-11(18)3-6-16(13)23-17(9)10(2)21-22-15-5-4-12(19)8-14(15)20/h3-8,22H,1-2H3. The number of nitrogens with one attached hydrogen (secondary N) is 1. The lowest BCUT2D eigenvalue weighted by Crippen LogP contribution is -2.00. The molecule has 2 aromatic carbocycles. The number of aryl methyl sites for hydroxylation is 1. The van der Waals surface area contributed by atoms with Crippen LogP contribution in [0.4, 0.5) is 14.5 Å². The van der Waals surface area contributed by atoms with Gasteiger partial charge in [0.1, 0.15) is 5.82 Å².